The van der Waals surface area contributed by atoms with Crippen LogP contribution in [0, 0.1) is 12.7 Å². The lowest BCUT2D eigenvalue weighted by molar-refractivity contribution is 0.0639. The fourth-order valence-corrected chi connectivity index (χ4v) is 2.85. The zero-order valence-electron chi connectivity index (χ0n) is 10.9. The Labute approximate surface area is 125 Å². The van der Waals surface area contributed by atoms with E-state index in [0.717, 1.165) is 11.1 Å². The minimum absolute atomic E-state index is 0.327. The van der Waals surface area contributed by atoms with Crippen molar-refractivity contribution in [2.75, 3.05) is 0 Å². The standard InChI is InChI=1S/C16H14BrFO2/c1-9-2-5-15-12(6-9)14(19)8-16(20-15)11-4-3-10(17)7-13(11)18/h2-7,14,16,19H,8H2,1H3/t14-,16?/m0/s1. The van der Waals surface area contributed by atoms with Gasteiger partial charge in [-0.3, -0.25) is 0 Å². The first-order valence-electron chi connectivity index (χ1n) is 6.45. The molecule has 2 nitrogen and oxygen atoms in total. The summed E-state index contributed by atoms with van der Waals surface area (Å²) in [5.74, 6) is 0.300. The number of aryl methyl sites for hydroxylation is 1. The van der Waals surface area contributed by atoms with Gasteiger partial charge in [0, 0.05) is 22.0 Å². The second-order valence-corrected chi connectivity index (χ2v) is 5.98. The van der Waals surface area contributed by atoms with E-state index in [9.17, 15) is 9.50 Å². The summed E-state index contributed by atoms with van der Waals surface area (Å²) in [6.07, 6.45) is -0.741. The highest BCUT2D eigenvalue weighted by Crippen LogP contribution is 2.41. The Morgan fingerprint density at radius 1 is 1.20 bits per heavy atom. The first-order chi connectivity index (χ1) is 9.54. The fraction of sp³-hybridized carbons (Fsp3) is 0.250. The second-order valence-electron chi connectivity index (χ2n) is 5.07. The van der Waals surface area contributed by atoms with Crippen molar-refractivity contribution >= 4 is 15.9 Å². The van der Waals surface area contributed by atoms with Crippen LogP contribution in [-0.4, -0.2) is 5.11 Å². The number of fused-ring (bicyclic) bond motifs is 1. The third-order valence-corrected chi connectivity index (χ3v) is 4.03. The highest BCUT2D eigenvalue weighted by molar-refractivity contribution is 9.10. The van der Waals surface area contributed by atoms with Crippen molar-refractivity contribution in [2.24, 2.45) is 0 Å². The van der Waals surface area contributed by atoms with E-state index in [2.05, 4.69) is 15.9 Å². The highest BCUT2D eigenvalue weighted by Gasteiger charge is 2.29. The van der Waals surface area contributed by atoms with Crippen LogP contribution in [0.1, 0.15) is 35.3 Å². The van der Waals surface area contributed by atoms with Crippen molar-refractivity contribution in [3.63, 3.8) is 0 Å². The first kappa shape index (κ1) is 13.6. The summed E-state index contributed by atoms with van der Waals surface area (Å²) in [4.78, 5) is 0. The number of hydrogen-bond acceptors (Lipinski definition) is 2. The number of aliphatic hydroxyl groups excluding tert-OH is 1. The summed E-state index contributed by atoms with van der Waals surface area (Å²) < 4.78 is 20.5. The predicted octanol–water partition coefficient (Wildman–Crippen LogP) is 4.45. The molecule has 1 unspecified atom stereocenters. The number of rotatable bonds is 1. The zero-order chi connectivity index (χ0) is 14.3. The van der Waals surface area contributed by atoms with Crippen LogP contribution in [0.3, 0.4) is 0 Å². The number of aliphatic hydroxyl groups is 1. The highest BCUT2D eigenvalue weighted by atomic mass is 79.9. The molecule has 4 heteroatoms. The van der Waals surface area contributed by atoms with Crippen molar-refractivity contribution in [2.45, 2.75) is 25.6 Å². The molecule has 0 fully saturated rings. The molecular weight excluding hydrogens is 323 g/mol. The van der Waals surface area contributed by atoms with Crippen LogP contribution in [0.5, 0.6) is 5.75 Å². The van der Waals surface area contributed by atoms with Crippen LogP contribution in [0.4, 0.5) is 4.39 Å². The molecule has 0 bridgehead atoms. The van der Waals surface area contributed by atoms with Gasteiger partial charge in [-0.1, -0.05) is 33.6 Å². The van der Waals surface area contributed by atoms with E-state index in [1.807, 2.05) is 25.1 Å². The first-order valence-corrected chi connectivity index (χ1v) is 7.24. The molecule has 0 aromatic heterocycles. The third kappa shape index (κ3) is 2.45. The normalized spacial score (nSPS) is 21.2. The average molecular weight is 337 g/mol. The quantitative estimate of drug-likeness (QED) is 0.833. The molecule has 0 amide bonds. The van der Waals surface area contributed by atoms with Gasteiger partial charge >= 0.3 is 0 Å². The van der Waals surface area contributed by atoms with Crippen LogP contribution in [-0.2, 0) is 0 Å². The summed E-state index contributed by atoms with van der Waals surface area (Å²) >= 11 is 3.24. The molecule has 3 rings (SSSR count). The summed E-state index contributed by atoms with van der Waals surface area (Å²) in [6, 6.07) is 10.5. The summed E-state index contributed by atoms with van der Waals surface area (Å²) in [5, 5.41) is 10.3. The minimum atomic E-state index is -0.633. The Morgan fingerprint density at radius 2 is 2.00 bits per heavy atom. The molecule has 104 valence electrons. The van der Waals surface area contributed by atoms with Gasteiger partial charge in [-0.2, -0.15) is 0 Å². The van der Waals surface area contributed by atoms with Gasteiger partial charge in [0.1, 0.15) is 17.7 Å². The molecule has 2 aromatic carbocycles. The molecule has 1 aliphatic heterocycles. The lowest BCUT2D eigenvalue weighted by Gasteiger charge is -2.30. The predicted molar refractivity (Wildman–Crippen MR) is 78.2 cm³/mol. The maximum atomic E-state index is 14.0. The Balaban J connectivity index is 1.97. The van der Waals surface area contributed by atoms with Gasteiger partial charge in [0.15, 0.2) is 0 Å². The van der Waals surface area contributed by atoms with E-state index in [-0.39, 0.29) is 5.82 Å². The Hall–Kier alpha value is -1.39. The molecule has 0 aliphatic carbocycles. The van der Waals surface area contributed by atoms with Crippen molar-refractivity contribution in [3.8, 4) is 5.75 Å². The molecule has 2 atom stereocenters. The lowest BCUT2D eigenvalue weighted by atomic mass is 9.94. The van der Waals surface area contributed by atoms with E-state index in [4.69, 9.17) is 4.74 Å². The van der Waals surface area contributed by atoms with Crippen molar-refractivity contribution < 1.29 is 14.2 Å². The second kappa shape index (κ2) is 5.19. The van der Waals surface area contributed by atoms with Gasteiger partial charge in [-0.25, -0.2) is 4.39 Å². The number of ether oxygens (including phenoxy) is 1. The topological polar surface area (TPSA) is 29.5 Å². The fourth-order valence-electron chi connectivity index (χ4n) is 2.52. The van der Waals surface area contributed by atoms with E-state index in [1.165, 1.54) is 6.07 Å². The molecule has 0 spiro atoms. The van der Waals surface area contributed by atoms with Crippen molar-refractivity contribution in [1.29, 1.82) is 0 Å². The van der Waals surface area contributed by atoms with Crippen LogP contribution < -0.4 is 4.74 Å². The van der Waals surface area contributed by atoms with Gasteiger partial charge in [-0.15, -0.1) is 0 Å². The molecule has 1 aliphatic rings. The lowest BCUT2D eigenvalue weighted by Crippen LogP contribution is -2.20. The molecule has 2 aromatic rings. The third-order valence-electron chi connectivity index (χ3n) is 3.54. The van der Waals surface area contributed by atoms with Crippen molar-refractivity contribution in [3.05, 3.63) is 63.4 Å². The molecule has 1 N–H and O–H groups in total. The maximum Gasteiger partial charge on any atom is 0.131 e. The average Bonchev–Trinajstić information content (AvgIpc) is 2.39. The van der Waals surface area contributed by atoms with Crippen LogP contribution >= 0.6 is 15.9 Å². The van der Waals surface area contributed by atoms with E-state index in [0.29, 0.717) is 22.2 Å². The SMILES string of the molecule is Cc1ccc2c(c1)[C@@H](O)CC(c1ccc(Br)cc1F)O2. The zero-order valence-corrected chi connectivity index (χ0v) is 12.5. The van der Waals surface area contributed by atoms with Gasteiger partial charge < -0.3 is 9.84 Å². The molecule has 0 radical (unpaired) electrons. The van der Waals surface area contributed by atoms with Gasteiger partial charge in [0.2, 0.25) is 0 Å². The molecule has 0 saturated carbocycles. The van der Waals surface area contributed by atoms with E-state index < -0.39 is 12.2 Å². The van der Waals surface area contributed by atoms with E-state index >= 15 is 0 Å². The molecule has 20 heavy (non-hydrogen) atoms. The Kier molecular flexibility index (Phi) is 3.52. The summed E-state index contributed by atoms with van der Waals surface area (Å²) in [7, 11) is 0. The van der Waals surface area contributed by atoms with Crippen LogP contribution in [0.2, 0.25) is 0 Å². The Morgan fingerprint density at radius 3 is 2.75 bits per heavy atom. The van der Waals surface area contributed by atoms with Gasteiger partial charge in [0.25, 0.3) is 0 Å². The van der Waals surface area contributed by atoms with Crippen LogP contribution in [0.15, 0.2) is 40.9 Å². The van der Waals surface area contributed by atoms with Crippen molar-refractivity contribution in [1.82, 2.24) is 0 Å². The van der Waals surface area contributed by atoms with Crippen LogP contribution in [0.25, 0.3) is 0 Å². The Bertz CT molecular complexity index is 657. The van der Waals surface area contributed by atoms with E-state index in [1.54, 1.807) is 12.1 Å². The monoisotopic (exact) mass is 336 g/mol. The summed E-state index contributed by atoms with van der Waals surface area (Å²) in [6.45, 7) is 1.97. The molecule has 0 saturated heterocycles. The van der Waals surface area contributed by atoms with Gasteiger partial charge in [-0.05, 0) is 31.2 Å². The van der Waals surface area contributed by atoms with Gasteiger partial charge in [0.05, 0.1) is 6.10 Å². The number of benzene rings is 2. The largest absolute Gasteiger partial charge is 0.485 e. The maximum absolute atomic E-state index is 14.0. The number of halogens is 2. The molecular formula is C16H14BrFO2. The molecule has 1 heterocycles. The summed E-state index contributed by atoms with van der Waals surface area (Å²) in [5.41, 5.74) is 2.32. The number of hydrogen-bond donors (Lipinski definition) is 1. The minimum Gasteiger partial charge on any atom is -0.485 e. The smallest absolute Gasteiger partial charge is 0.131 e.